The second-order valence-electron chi connectivity index (χ2n) is 2.36. The Kier molecular flexibility index (Phi) is 2.69. The van der Waals surface area contributed by atoms with Crippen LogP contribution in [0.3, 0.4) is 0 Å². The Bertz CT molecular complexity index is 321. The molecule has 1 rings (SSSR count). The molecule has 0 aliphatic heterocycles. The van der Waals surface area contributed by atoms with E-state index in [0.717, 1.165) is 5.56 Å². The van der Waals surface area contributed by atoms with Crippen LogP contribution in [-0.2, 0) is 6.42 Å². The van der Waals surface area contributed by atoms with Crippen molar-refractivity contribution >= 4 is 30.1 Å². The number of hydrogen-bond donors (Lipinski definition) is 3. The molecule has 0 unspecified atom stereocenters. The maximum atomic E-state index is 10.8. The SMILES string of the molecule is CCc1c(C(N)=O)[nH]c(S)c1Cl. The Morgan fingerprint density at radius 1 is 1.75 bits per heavy atom. The van der Waals surface area contributed by atoms with Gasteiger partial charge in [-0.1, -0.05) is 18.5 Å². The van der Waals surface area contributed by atoms with Crippen molar-refractivity contribution in [1.82, 2.24) is 4.98 Å². The molecule has 66 valence electrons. The fourth-order valence-corrected chi connectivity index (χ4v) is 1.57. The van der Waals surface area contributed by atoms with Gasteiger partial charge in [0.25, 0.3) is 5.91 Å². The molecule has 0 bridgehead atoms. The fourth-order valence-electron chi connectivity index (χ4n) is 1.04. The van der Waals surface area contributed by atoms with E-state index in [1.54, 1.807) is 0 Å². The third kappa shape index (κ3) is 1.44. The van der Waals surface area contributed by atoms with E-state index in [-0.39, 0.29) is 0 Å². The molecule has 0 aromatic carbocycles. The number of hydrogen-bond acceptors (Lipinski definition) is 2. The van der Waals surface area contributed by atoms with E-state index in [4.69, 9.17) is 17.3 Å². The zero-order valence-electron chi connectivity index (χ0n) is 6.52. The first kappa shape index (κ1) is 9.48. The Morgan fingerprint density at radius 3 is 2.67 bits per heavy atom. The van der Waals surface area contributed by atoms with Crippen LogP contribution in [0.2, 0.25) is 5.02 Å². The summed E-state index contributed by atoms with van der Waals surface area (Å²) in [5, 5.41) is 0.969. The lowest BCUT2D eigenvalue weighted by Gasteiger charge is -1.95. The van der Waals surface area contributed by atoms with Crippen LogP contribution in [0, 0.1) is 0 Å². The summed E-state index contributed by atoms with van der Waals surface area (Å²) in [5.41, 5.74) is 6.19. The molecule has 0 fully saturated rings. The number of aromatic nitrogens is 1. The fraction of sp³-hybridized carbons (Fsp3) is 0.286. The van der Waals surface area contributed by atoms with Crippen molar-refractivity contribution in [2.75, 3.05) is 0 Å². The molecule has 1 heterocycles. The number of nitrogens with two attached hydrogens (primary N) is 1. The number of aromatic amines is 1. The van der Waals surface area contributed by atoms with Crippen LogP contribution in [-0.4, -0.2) is 10.9 Å². The quantitative estimate of drug-likeness (QED) is 0.630. The van der Waals surface area contributed by atoms with Crippen LogP contribution in [0.4, 0.5) is 0 Å². The molecule has 12 heavy (non-hydrogen) atoms. The van der Waals surface area contributed by atoms with E-state index >= 15 is 0 Å². The Balaban J connectivity index is 3.29. The van der Waals surface area contributed by atoms with Crippen molar-refractivity contribution in [1.29, 1.82) is 0 Å². The molecule has 5 heteroatoms. The summed E-state index contributed by atoms with van der Waals surface area (Å²) < 4.78 is 0. The molecule has 3 N–H and O–H groups in total. The molecule has 0 aliphatic rings. The number of carbonyl (C=O) groups excluding carboxylic acids is 1. The average Bonchev–Trinajstić information content (AvgIpc) is 2.29. The number of nitrogens with one attached hydrogen (secondary N) is 1. The number of rotatable bonds is 2. The highest BCUT2D eigenvalue weighted by molar-refractivity contribution is 7.80. The average molecular weight is 205 g/mol. The Hall–Kier alpha value is -0.610. The van der Waals surface area contributed by atoms with Gasteiger partial charge in [0.1, 0.15) is 5.69 Å². The molecule has 0 spiro atoms. The summed E-state index contributed by atoms with van der Waals surface area (Å²) in [7, 11) is 0. The number of amides is 1. The van der Waals surface area contributed by atoms with E-state index in [2.05, 4.69) is 17.6 Å². The van der Waals surface area contributed by atoms with Crippen molar-refractivity contribution in [2.45, 2.75) is 18.4 Å². The van der Waals surface area contributed by atoms with Crippen molar-refractivity contribution in [3.63, 3.8) is 0 Å². The van der Waals surface area contributed by atoms with Gasteiger partial charge in [0.15, 0.2) is 0 Å². The first-order chi connectivity index (χ1) is 5.57. The zero-order chi connectivity index (χ0) is 9.30. The number of carbonyl (C=O) groups is 1. The van der Waals surface area contributed by atoms with Gasteiger partial charge < -0.3 is 10.7 Å². The molecule has 0 atom stereocenters. The van der Waals surface area contributed by atoms with E-state index in [0.29, 0.717) is 22.2 Å². The minimum Gasteiger partial charge on any atom is -0.364 e. The molecule has 1 amide bonds. The third-order valence-electron chi connectivity index (χ3n) is 1.62. The monoisotopic (exact) mass is 204 g/mol. The lowest BCUT2D eigenvalue weighted by molar-refractivity contribution is 0.0995. The summed E-state index contributed by atoms with van der Waals surface area (Å²) in [6, 6.07) is 0. The van der Waals surface area contributed by atoms with Gasteiger partial charge in [0.05, 0.1) is 10.0 Å². The summed E-state index contributed by atoms with van der Waals surface area (Å²) in [4.78, 5) is 13.6. The van der Waals surface area contributed by atoms with E-state index in [9.17, 15) is 4.79 Å². The lowest BCUT2D eigenvalue weighted by Crippen LogP contribution is -2.13. The molecule has 3 nitrogen and oxygen atoms in total. The summed E-state index contributed by atoms with van der Waals surface area (Å²) >= 11 is 9.88. The van der Waals surface area contributed by atoms with Gasteiger partial charge in [-0.3, -0.25) is 4.79 Å². The maximum absolute atomic E-state index is 10.8. The summed E-state index contributed by atoms with van der Waals surface area (Å²) in [6.45, 7) is 1.90. The molecule has 0 aliphatic carbocycles. The lowest BCUT2D eigenvalue weighted by atomic mass is 10.2. The number of thiol groups is 1. The molecule has 1 aromatic rings. The minimum absolute atomic E-state index is 0.354. The number of halogens is 1. The van der Waals surface area contributed by atoms with Gasteiger partial charge in [0.2, 0.25) is 0 Å². The van der Waals surface area contributed by atoms with Gasteiger partial charge in [-0.05, 0) is 6.42 Å². The second-order valence-corrected chi connectivity index (χ2v) is 3.18. The van der Waals surface area contributed by atoms with Crippen LogP contribution in [0.5, 0.6) is 0 Å². The highest BCUT2D eigenvalue weighted by atomic mass is 35.5. The Labute approximate surface area is 80.7 Å². The Morgan fingerprint density at radius 2 is 2.33 bits per heavy atom. The minimum atomic E-state index is -0.506. The molecule has 0 saturated heterocycles. The smallest absolute Gasteiger partial charge is 0.265 e. The number of H-pyrrole nitrogens is 1. The van der Waals surface area contributed by atoms with Crippen molar-refractivity contribution < 1.29 is 4.79 Å². The van der Waals surface area contributed by atoms with E-state index in [1.165, 1.54) is 0 Å². The second kappa shape index (κ2) is 3.41. The number of primary amides is 1. The van der Waals surface area contributed by atoms with Gasteiger partial charge in [-0.25, -0.2) is 0 Å². The maximum Gasteiger partial charge on any atom is 0.265 e. The van der Waals surface area contributed by atoms with Crippen LogP contribution >= 0.6 is 24.2 Å². The first-order valence-electron chi connectivity index (χ1n) is 3.47. The van der Waals surface area contributed by atoms with Crippen LogP contribution in [0.15, 0.2) is 5.03 Å². The van der Waals surface area contributed by atoms with Crippen molar-refractivity contribution in [3.8, 4) is 0 Å². The van der Waals surface area contributed by atoms with E-state index in [1.807, 2.05) is 6.92 Å². The van der Waals surface area contributed by atoms with E-state index < -0.39 is 5.91 Å². The van der Waals surface area contributed by atoms with Crippen LogP contribution in [0.1, 0.15) is 23.0 Å². The molecular formula is C7H9ClN2OS. The molecule has 0 radical (unpaired) electrons. The van der Waals surface area contributed by atoms with Gasteiger partial charge >= 0.3 is 0 Å². The predicted octanol–water partition coefficient (Wildman–Crippen LogP) is 1.62. The molecule has 0 saturated carbocycles. The highest BCUT2D eigenvalue weighted by Crippen LogP contribution is 2.27. The zero-order valence-corrected chi connectivity index (χ0v) is 8.17. The van der Waals surface area contributed by atoms with Gasteiger partial charge in [0, 0.05) is 5.56 Å². The topological polar surface area (TPSA) is 58.9 Å². The summed E-state index contributed by atoms with van der Waals surface area (Å²) in [5.74, 6) is -0.506. The molecule has 1 aromatic heterocycles. The highest BCUT2D eigenvalue weighted by Gasteiger charge is 2.15. The van der Waals surface area contributed by atoms with Crippen molar-refractivity contribution in [3.05, 3.63) is 16.3 Å². The van der Waals surface area contributed by atoms with Gasteiger partial charge in [-0.2, -0.15) is 0 Å². The van der Waals surface area contributed by atoms with Crippen LogP contribution < -0.4 is 5.73 Å². The van der Waals surface area contributed by atoms with Crippen molar-refractivity contribution in [2.24, 2.45) is 5.73 Å². The standard InChI is InChI=1S/C7H9ClN2OS/c1-2-3-4(8)7(12)10-5(3)6(9)11/h10,12H,2H2,1H3,(H2,9,11). The molecular weight excluding hydrogens is 196 g/mol. The third-order valence-corrected chi connectivity index (χ3v) is 2.50. The van der Waals surface area contributed by atoms with Crippen LogP contribution in [0.25, 0.3) is 0 Å². The largest absolute Gasteiger partial charge is 0.364 e. The first-order valence-corrected chi connectivity index (χ1v) is 4.29. The predicted molar refractivity (Wildman–Crippen MR) is 51.0 cm³/mol. The van der Waals surface area contributed by atoms with Gasteiger partial charge in [-0.15, -0.1) is 12.6 Å². The summed E-state index contributed by atoms with van der Waals surface area (Å²) in [6.07, 6.45) is 0.661. The normalized spacial score (nSPS) is 10.2.